The van der Waals surface area contributed by atoms with Gasteiger partial charge in [0.25, 0.3) is 19.6 Å². The highest BCUT2D eigenvalue weighted by molar-refractivity contribution is 9.15. The van der Waals surface area contributed by atoms with Gasteiger partial charge in [-0.05, 0) is 75.9 Å². The van der Waals surface area contributed by atoms with E-state index in [2.05, 4.69) is 79.6 Å². The van der Waals surface area contributed by atoms with Crippen molar-refractivity contribution in [2.45, 2.75) is 29.0 Å². The lowest BCUT2D eigenvalue weighted by Crippen LogP contribution is -2.78. The van der Waals surface area contributed by atoms with E-state index in [4.69, 9.17) is 17.6 Å². The molecule has 1 aliphatic rings. The smallest absolute Gasteiger partial charge is 0.610 e. The zero-order valence-corrected chi connectivity index (χ0v) is 21.9. The van der Waals surface area contributed by atoms with Gasteiger partial charge in [-0.25, -0.2) is 22.0 Å². The third kappa shape index (κ3) is 3.57. The lowest BCUT2D eigenvalue weighted by molar-refractivity contribution is -0.225. The molecule has 0 amide bonds. The zero-order chi connectivity index (χ0) is 20.2. The van der Waals surface area contributed by atoms with Crippen molar-refractivity contribution < 1.29 is 29.5 Å². The summed E-state index contributed by atoms with van der Waals surface area (Å²) in [6, 6.07) is 7.73. The Balaban J connectivity index is 2.41. The summed E-state index contributed by atoms with van der Waals surface area (Å²) in [5, 5.41) is 0. The van der Waals surface area contributed by atoms with Crippen molar-refractivity contribution in [1.29, 1.82) is 0 Å². The molecule has 14 heteroatoms. The van der Waals surface area contributed by atoms with E-state index >= 15 is 8.78 Å². The predicted octanol–water partition coefficient (Wildman–Crippen LogP) is 6.99. The molecule has 1 saturated carbocycles. The Morgan fingerprint density at radius 3 is 1.88 bits per heavy atom. The third-order valence-electron chi connectivity index (χ3n) is 3.52. The van der Waals surface area contributed by atoms with Crippen LogP contribution < -0.4 is 3.79 Å². The summed E-state index contributed by atoms with van der Waals surface area (Å²) in [4.78, 5) is -2.40. The van der Waals surface area contributed by atoms with Crippen molar-refractivity contribution in [3.63, 3.8) is 0 Å². The van der Waals surface area contributed by atoms with Crippen LogP contribution in [0.25, 0.3) is 0 Å². The normalized spacial score (nSPS) is 46.0. The fourth-order valence-corrected chi connectivity index (χ4v) is 8.24. The molecule has 6 unspecified atom stereocenters. The summed E-state index contributed by atoms with van der Waals surface area (Å²) in [5.74, 6) is -3.67. The molecular weight excluding hydrogens is 733 g/mol. The van der Waals surface area contributed by atoms with Crippen molar-refractivity contribution >= 4 is 104 Å². The first kappa shape index (κ1) is 24.1. The van der Waals surface area contributed by atoms with Crippen LogP contribution in [0.3, 0.4) is 0 Å². The summed E-state index contributed by atoms with van der Waals surface area (Å²) >= 11 is 7.57. The highest BCUT2D eigenvalue weighted by atomic mass is 79.9. The Kier molecular flexibility index (Phi) is 7.27. The van der Waals surface area contributed by atoms with Crippen molar-refractivity contribution in [2.75, 3.05) is 0 Å². The van der Waals surface area contributed by atoms with E-state index in [0.717, 1.165) is 0 Å². The summed E-state index contributed by atoms with van der Waals surface area (Å²) in [5.41, 5.74) is 0. The summed E-state index contributed by atoms with van der Waals surface area (Å²) in [6.07, 6.45) is 0. The number of hydrogen-bond donors (Lipinski definition) is 0. The van der Waals surface area contributed by atoms with Crippen LogP contribution in [-0.4, -0.2) is 42.9 Å². The van der Waals surface area contributed by atoms with Gasteiger partial charge in [0.1, 0.15) is 4.83 Å². The minimum absolute atomic E-state index is 0.166. The molecule has 0 saturated heterocycles. The number of hydrogen-bond acceptors (Lipinski definition) is 2. The van der Waals surface area contributed by atoms with Gasteiger partial charge in [0.05, 0.1) is 5.75 Å². The van der Waals surface area contributed by atoms with E-state index in [0.29, 0.717) is 0 Å². The molecular formula is C12H6AlBr5ClF5O2. The second kappa shape index (κ2) is 7.84. The van der Waals surface area contributed by atoms with E-state index in [9.17, 15) is 13.2 Å². The maximum absolute atomic E-state index is 15.5. The quantitative estimate of drug-likeness (QED) is 0.189. The van der Waals surface area contributed by atoms with Gasteiger partial charge in [0, 0.05) is 0 Å². The van der Waals surface area contributed by atoms with Gasteiger partial charge in [-0.2, -0.15) is 10.0 Å². The molecule has 1 aromatic carbocycles. The number of halogens is 11. The minimum atomic E-state index is -3.97. The van der Waals surface area contributed by atoms with Gasteiger partial charge in [-0.1, -0.05) is 34.1 Å². The predicted molar refractivity (Wildman–Crippen MR) is 107 cm³/mol. The molecule has 0 bridgehead atoms. The molecule has 0 N–H and O–H groups in total. The molecule has 1 fully saturated rings. The topological polar surface area (TPSA) is 18.5 Å². The molecule has 0 spiro atoms. The molecule has 6 atom stereocenters. The van der Waals surface area contributed by atoms with Gasteiger partial charge in [0.15, 0.2) is 0 Å². The third-order valence-corrected chi connectivity index (χ3v) is 12.8. The zero-order valence-electron chi connectivity index (χ0n) is 12.0. The number of para-hydroxylation sites is 1. The molecule has 1 aliphatic carbocycles. The monoisotopic (exact) mass is 734 g/mol. The molecule has 146 valence electrons. The standard InChI is InChI=1S/C6HBr5F5O.C6H6O.Al.ClH/c7-1-2(8,12)4(9,14)6(11,16)5(10,15)3(1,13)17;7-6-4-2-1-3-5-6;;/h1H;1-5,7H;;1H/q-1;;+3;/p-2. The van der Waals surface area contributed by atoms with Crippen LogP contribution in [-0.2, 0) is 3.79 Å². The summed E-state index contributed by atoms with van der Waals surface area (Å²) < 4.78 is 69.8. The average Bonchev–Trinajstić information content (AvgIpc) is 2.53. The fourth-order valence-electron chi connectivity index (χ4n) is 2.07. The molecule has 0 radical (unpaired) electrons. The van der Waals surface area contributed by atoms with Crippen LogP contribution in [0.15, 0.2) is 30.3 Å². The van der Waals surface area contributed by atoms with E-state index in [1.807, 2.05) is 0 Å². The molecule has 0 aromatic heterocycles. The first-order valence-electron chi connectivity index (χ1n) is 6.50. The highest BCUT2D eigenvalue weighted by Gasteiger charge is 2.88. The maximum Gasteiger partial charge on any atom is 0.908 e. The lowest BCUT2D eigenvalue weighted by Gasteiger charge is -2.56. The molecule has 0 heterocycles. The van der Waals surface area contributed by atoms with Crippen molar-refractivity contribution in [3.8, 4) is 5.75 Å². The molecule has 0 aliphatic heterocycles. The van der Waals surface area contributed by atoms with Gasteiger partial charge in [-0.3, -0.25) is 0 Å². The summed E-state index contributed by atoms with van der Waals surface area (Å²) in [6.45, 7) is 0. The molecule has 2 rings (SSSR count). The van der Waals surface area contributed by atoms with Gasteiger partial charge in [0.2, 0.25) is 4.58 Å². The Labute approximate surface area is 196 Å². The molecule has 26 heavy (non-hydrogen) atoms. The van der Waals surface area contributed by atoms with E-state index < -0.39 is 42.9 Å². The summed E-state index contributed by atoms with van der Waals surface area (Å²) in [7, 11) is 5.85. The van der Waals surface area contributed by atoms with Crippen LogP contribution in [0.2, 0.25) is 0 Å². The molecule has 1 aromatic rings. The lowest BCUT2D eigenvalue weighted by atomic mass is 9.88. The Hall–Kier alpha value is 1.85. The van der Waals surface area contributed by atoms with Crippen LogP contribution in [0.4, 0.5) is 22.0 Å². The number of rotatable bonds is 4. The second-order valence-corrected chi connectivity index (χ2v) is 12.6. The number of benzene rings is 1. The van der Waals surface area contributed by atoms with Gasteiger partial charge in [-0.15, -0.1) is 0 Å². The first-order valence-corrected chi connectivity index (χ1v) is 13.3. The van der Waals surface area contributed by atoms with E-state index in [1.54, 1.807) is 18.2 Å². The Morgan fingerprint density at radius 2 is 1.38 bits per heavy atom. The van der Waals surface area contributed by atoms with Crippen LogP contribution in [0, 0.1) is 0 Å². The Morgan fingerprint density at radius 1 is 0.885 bits per heavy atom. The van der Waals surface area contributed by atoms with Gasteiger partial charge >= 0.3 is 13.9 Å². The fraction of sp³-hybridized carbons (Fsp3) is 0.500. The second-order valence-electron chi connectivity index (χ2n) is 5.18. The molecule has 2 nitrogen and oxygen atoms in total. The van der Waals surface area contributed by atoms with Crippen molar-refractivity contribution in [2.24, 2.45) is 0 Å². The van der Waals surface area contributed by atoms with Crippen molar-refractivity contribution in [3.05, 3.63) is 30.3 Å². The SMILES string of the molecule is FC1(Br)C(Br)C(F)([O][Al]([Cl])[O]c2ccccc2)C(F)(Br)C(F)(Br)C1(F)Br. The van der Waals surface area contributed by atoms with E-state index in [-0.39, 0.29) is 5.75 Å². The first-order chi connectivity index (χ1) is 11.6. The average molecular weight is 739 g/mol. The largest absolute Gasteiger partial charge is 0.908 e. The van der Waals surface area contributed by atoms with Gasteiger partial charge < -0.3 is 7.58 Å². The van der Waals surface area contributed by atoms with Crippen LogP contribution in [0.1, 0.15) is 0 Å². The highest BCUT2D eigenvalue weighted by Crippen LogP contribution is 2.71. The van der Waals surface area contributed by atoms with Crippen LogP contribution >= 0.6 is 89.7 Å². The Bertz CT molecular complexity index is 671. The minimum Gasteiger partial charge on any atom is -0.610 e. The number of alkyl halides is 10. The van der Waals surface area contributed by atoms with Crippen LogP contribution in [0.5, 0.6) is 5.75 Å². The van der Waals surface area contributed by atoms with E-state index in [1.165, 1.54) is 12.1 Å². The van der Waals surface area contributed by atoms with Crippen molar-refractivity contribution in [1.82, 2.24) is 0 Å². The maximum atomic E-state index is 15.5.